The molecule has 1 unspecified atom stereocenters. The van der Waals surface area contributed by atoms with Crippen LogP contribution >= 0.6 is 11.3 Å². The molecule has 1 atom stereocenters. The molecular formula is C19H24N4O3S. The molecule has 27 heavy (non-hydrogen) atoms. The van der Waals surface area contributed by atoms with Gasteiger partial charge in [-0.3, -0.25) is 19.1 Å². The van der Waals surface area contributed by atoms with Gasteiger partial charge in [-0.2, -0.15) is 0 Å². The molecule has 3 rings (SSSR count). The van der Waals surface area contributed by atoms with Crippen LogP contribution in [0, 0.1) is 19.8 Å². The van der Waals surface area contributed by atoms with Crippen molar-refractivity contribution in [1.82, 2.24) is 19.8 Å². The van der Waals surface area contributed by atoms with Crippen LogP contribution in [0.5, 0.6) is 0 Å². The number of aromatic nitrogens is 2. The number of carbonyl (C=O) groups is 3. The zero-order valence-electron chi connectivity index (χ0n) is 16.2. The Kier molecular flexibility index (Phi) is 4.94. The lowest BCUT2D eigenvalue weighted by Gasteiger charge is -2.23. The second kappa shape index (κ2) is 6.92. The Hall–Kier alpha value is -2.48. The summed E-state index contributed by atoms with van der Waals surface area (Å²) in [4.78, 5) is 43.3. The van der Waals surface area contributed by atoms with Crippen molar-refractivity contribution >= 4 is 29.1 Å². The number of aryl methyl sites for hydroxylation is 1. The first-order chi connectivity index (χ1) is 12.6. The third-order valence-electron chi connectivity index (χ3n) is 4.81. The minimum atomic E-state index is -0.955. The summed E-state index contributed by atoms with van der Waals surface area (Å²) in [6.07, 6.45) is 2.24. The molecule has 1 aliphatic rings. The summed E-state index contributed by atoms with van der Waals surface area (Å²) in [5.41, 5.74) is 1.18. The third kappa shape index (κ3) is 3.41. The zero-order chi connectivity index (χ0) is 19.9. The first-order valence-electron chi connectivity index (χ1n) is 8.90. The Bertz CT molecular complexity index is 900. The van der Waals surface area contributed by atoms with Crippen molar-refractivity contribution in [2.24, 2.45) is 5.92 Å². The van der Waals surface area contributed by atoms with E-state index in [1.807, 2.05) is 37.6 Å². The summed E-state index contributed by atoms with van der Waals surface area (Å²) in [5.74, 6) is -0.362. The summed E-state index contributed by atoms with van der Waals surface area (Å²) in [6, 6.07) is 1.27. The van der Waals surface area contributed by atoms with E-state index in [9.17, 15) is 14.4 Å². The molecule has 2 aromatic rings. The molecule has 3 heterocycles. The van der Waals surface area contributed by atoms with Crippen LogP contribution in [0.4, 0.5) is 4.79 Å². The predicted octanol–water partition coefficient (Wildman–Crippen LogP) is 3.09. The number of nitrogens with zero attached hydrogens (tertiary/aromatic N) is 3. The number of hydrogen-bond acceptors (Lipinski definition) is 5. The van der Waals surface area contributed by atoms with Gasteiger partial charge in [-0.15, -0.1) is 11.3 Å². The summed E-state index contributed by atoms with van der Waals surface area (Å²) in [6.45, 7) is 9.18. The summed E-state index contributed by atoms with van der Waals surface area (Å²) in [5, 5.41) is 5.40. The van der Waals surface area contributed by atoms with E-state index in [-0.39, 0.29) is 24.2 Å². The number of hydrogen-bond donors (Lipinski definition) is 1. The molecule has 3 amide bonds. The lowest BCUT2D eigenvalue weighted by Crippen LogP contribution is -2.45. The number of rotatable bonds is 6. The molecule has 0 bridgehead atoms. The minimum Gasteiger partial charge on any atom is -0.323 e. The SMILES string of the molecule is Cc1cc(C(=O)CN2C(=O)NC(C)(CC(C)C)C2=O)c(C)n1-c1nccs1. The lowest BCUT2D eigenvalue weighted by atomic mass is 9.91. The van der Waals surface area contributed by atoms with Gasteiger partial charge in [0.2, 0.25) is 0 Å². The fourth-order valence-corrected chi connectivity index (χ4v) is 4.49. The number of Topliss-reactive ketones (excluding diaryl/α,β-unsaturated/α-hetero) is 1. The topological polar surface area (TPSA) is 84.3 Å². The van der Waals surface area contributed by atoms with E-state index < -0.39 is 11.6 Å². The van der Waals surface area contributed by atoms with Gasteiger partial charge >= 0.3 is 6.03 Å². The highest BCUT2D eigenvalue weighted by Gasteiger charge is 2.48. The number of imide groups is 1. The van der Waals surface area contributed by atoms with Crippen molar-refractivity contribution in [2.45, 2.75) is 46.6 Å². The van der Waals surface area contributed by atoms with Crippen molar-refractivity contribution in [3.05, 3.63) is 34.6 Å². The molecule has 0 aromatic carbocycles. The van der Waals surface area contributed by atoms with E-state index in [1.54, 1.807) is 19.2 Å². The molecule has 0 spiro atoms. The second-order valence-corrected chi connectivity index (χ2v) is 8.48. The van der Waals surface area contributed by atoms with Gasteiger partial charge in [-0.05, 0) is 39.2 Å². The molecule has 0 radical (unpaired) electrons. The van der Waals surface area contributed by atoms with Gasteiger partial charge < -0.3 is 5.32 Å². The van der Waals surface area contributed by atoms with E-state index in [2.05, 4.69) is 10.3 Å². The fourth-order valence-electron chi connectivity index (χ4n) is 3.74. The van der Waals surface area contributed by atoms with Crippen LogP contribution in [0.2, 0.25) is 0 Å². The average molecular weight is 388 g/mol. The van der Waals surface area contributed by atoms with Crippen molar-refractivity contribution < 1.29 is 14.4 Å². The second-order valence-electron chi connectivity index (χ2n) is 7.61. The minimum absolute atomic E-state index is 0.243. The van der Waals surface area contributed by atoms with Crippen LogP contribution in [-0.2, 0) is 4.79 Å². The molecule has 1 aliphatic heterocycles. The first-order valence-corrected chi connectivity index (χ1v) is 9.78. The highest BCUT2D eigenvalue weighted by Crippen LogP contribution is 2.26. The first kappa shape index (κ1) is 19.3. The number of nitrogens with one attached hydrogen (secondary N) is 1. The van der Waals surface area contributed by atoms with Gasteiger partial charge in [0, 0.05) is 28.5 Å². The molecule has 8 heteroatoms. The predicted molar refractivity (Wildman–Crippen MR) is 103 cm³/mol. The smallest absolute Gasteiger partial charge is 0.323 e. The zero-order valence-corrected chi connectivity index (χ0v) is 17.0. The quantitative estimate of drug-likeness (QED) is 0.609. The Morgan fingerprint density at radius 1 is 1.33 bits per heavy atom. The van der Waals surface area contributed by atoms with Gasteiger partial charge in [0.1, 0.15) is 5.54 Å². The maximum absolute atomic E-state index is 12.9. The highest BCUT2D eigenvalue weighted by molar-refractivity contribution is 7.12. The van der Waals surface area contributed by atoms with Gasteiger partial charge in [0.25, 0.3) is 5.91 Å². The Morgan fingerprint density at radius 3 is 2.63 bits per heavy atom. The number of amides is 3. The molecule has 1 fully saturated rings. The third-order valence-corrected chi connectivity index (χ3v) is 5.56. The normalized spacial score (nSPS) is 19.9. The number of carbonyl (C=O) groups excluding carboxylic acids is 3. The number of urea groups is 1. The van der Waals surface area contributed by atoms with E-state index in [0.717, 1.165) is 21.4 Å². The van der Waals surface area contributed by atoms with Crippen molar-refractivity contribution in [2.75, 3.05) is 6.54 Å². The molecule has 1 saturated heterocycles. The molecule has 0 aliphatic carbocycles. The summed E-state index contributed by atoms with van der Waals surface area (Å²) in [7, 11) is 0. The Balaban J connectivity index is 1.83. The largest absolute Gasteiger partial charge is 0.325 e. The number of thiazole rings is 1. The molecule has 0 saturated carbocycles. The maximum atomic E-state index is 12.9. The molecule has 1 N–H and O–H groups in total. The lowest BCUT2D eigenvalue weighted by molar-refractivity contribution is -0.131. The van der Waals surface area contributed by atoms with Gasteiger partial charge in [-0.1, -0.05) is 13.8 Å². The van der Waals surface area contributed by atoms with Crippen LogP contribution in [0.3, 0.4) is 0 Å². The molecule has 144 valence electrons. The Morgan fingerprint density at radius 2 is 2.04 bits per heavy atom. The average Bonchev–Trinajstić information content (AvgIpc) is 3.22. The monoisotopic (exact) mass is 388 g/mol. The number of ketones is 1. The summed E-state index contributed by atoms with van der Waals surface area (Å²) >= 11 is 1.48. The van der Waals surface area contributed by atoms with Crippen molar-refractivity contribution in [1.29, 1.82) is 0 Å². The van der Waals surface area contributed by atoms with Crippen molar-refractivity contribution in [3.63, 3.8) is 0 Å². The molecule has 2 aromatic heterocycles. The van der Waals surface area contributed by atoms with Crippen LogP contribution < -0.4 is 5.32 Å². The molecular weight excluding hydrogens is 364 g/mol. The van der Waals surface area contributed by atoms with Crippen LogP contribution in [-0.4, -0.2) is 44.3 Å². The van der Waals surface area contributed by atoms with E-state index in [0.29, 0.717) is 12.0 Å². The van der Waals surface area contributed by atoms with Crippen LogP contribution in [0.15, 0.2) is 17.6 Å². The van der Waals surface area contributed by atoms with Crippen molar-refractivity contribution in [3.8, 4) is 5.13 Å². The van der Waals surface area contributed by atoms with E-state index in [1.165, 1.54) is 11.3 Å². The standard InChI is InChI=1S/C19H24N4O3S/c1-11(2)9-19(5)16(25)22(17(26)21-19)10-15(24)14-8-12(3)23(13(14)4)18-20-6-7-27-18/h6-8,11H,9-10H2,1-5H3,(H,21,26). The maximum Gasteiger partial charge on any atom is 0.325 e. The van der Waals surface area contributed by atoms with Gasteiger partial charge in [-0.25, -0.2) is 9.78 Å². The van der Waals surface area contributed by atoms with Gasteiger partial charge in [0.15, 0.2) is 10.9 Å². The Labute approximate surface area is 162 Å². The highest BCUT2D eigenvalue weighted by atomic mass is 32.1. The van der Waals surface area contributed by atoms with E-state index >= 15 is 0 Å². The van der Waals surface area contributed by atoms with Crippen LogP contribution in [0.1, 0.15) is 48.9 Å². The fraction of sp³-hybridized carbons (Fsp3) is 0.474. The molecule has 7 nitrogen and oxygen atoms in total. The van der Waals surface area contributed by atoms with Crippen LogP contribution in [0.25, 0.3) is 5.13 Å². The van der Waals surface area contributed by atoms with Gasteiger partial charge in [0.05, 0.1) is 6.54 Å². The summed E-state index contributed by atoms with van der Waals surface area (Å²) < 4.78 is 1.91. The van der Waals surface area contributed by atoms with E-state index in [4.69, 9.17) is 0 Å².